The zero-order valence-corrected chi connectivity index (χ0v) is 11.4. The summed E-state index contributed by atoms with van der Waals surface area (Å²) in [6.45, 7) is 0. The van der Waals surface area contributed by atoms with Gasteiger partial charge < -0.3 is 5.11 Å². The van der Waals surface area contributed by atoms with Crippen molar-refractivity contribution in [1.29, 1.82) is 0 Å². The summed E-state index contributed by atoms with van der Waals surface area (Å²) in [4.78, 5) is 0. The molecule has 4 aliphatic rings. The average molecular weight is 246 g/mol. The third-order valence-electron chi connectivity index (χ3n) is 6.66. The summed E-state index contributed by atoms with van der Waals surface area (Å²) in [7, 11) is 0. The van der Waals surface area contributed by atoms with Gasteiger partial charge in [-0.05, 0) is 87.4 Å². The Morgan fingerprint density at radius 1 is 0.833 bits per heavy atom. The van der Waals surface area contributed by atoms with Crippen LogP contribution in [0.15, 0.2) is 11.6 Å². The van der Waals surface area contributed by atoms with Crippen molar-refractivity contribution in [3.05, 3.63) is 11.6 Å². The standard InChI is InChI=1S/C17H26O/c18-17-10-9-15-14-6-5-11-3-1-2-4-12(11)13(14)7-8-16(15)17/h3,12-18H,1-2,4-10H2. The van der Waals surface area contributed by atoms with Crippen LogP contribution in [0.4, 0.5) is 0 Å². The highest BCUT2D eigenvalue weighted by Crippen LogP contribution is 2.56. The number of aliphatic hydroxyl groups is 1. The maximum absolute atomic E-state index is 10.1. The molecule has 6 unspecified atom stereocenters. The lowest BCUT2D eigenvalue weighted by Gasteiger charge is -2.49. The Balaban J connectivity index is 1.59. The molecule has 0 bridgehead atoms. The fourth-order valence-electron chi connectivity index (χ4n) is 5.93. The van der Waals surface area contributed by atoms with Crippen LogP contribution in [0, 0.1) is 29.6 Å². The van der Waals surface area contributed by atoms with Crippen LogP contribution in [0.3, 0.4) is 0 Å². The molecule has 1 N–H and O–H groups in total. The second-order valence-electron chi connectivity index (χ2n) is 7.23. The van der Waals surface area contributed by atoms with Gasteiger partial charge in [0.25, 0.3) is 0 Å². The monoisotopic (exact) mass is 246 g/mol. The highest BCUT2D eigenvalue weighted by molar-refractivity contribution is 5.17. The molecule has 4 aliphatic carbocycles. The van der Waals surface area contributed by atoms with Gasteiger partial charge >= 0.3 is 0 Å². The van der Waals surface area contributed by atoms with Crippen molar-refractivity contribution in [2.75, 3.05) is 0 Å². The fourth-order valence-corrected chi connectivity index (χ4v) is 5.93. The van der Waals surface area contributed by atoms with Crippen molar-refractivity contribution in [2.45, 2.75) is 63.9 Å². The SMILES string of the molecule is OC1CCC2C1CCC1C3CCCC=C3CCC12. The lowest BCUT2D eigenvalue weighted by Crippen LogP contribution is -2.41. The van der Waals surface area contributed by atoms with Crippen molar-refractivity contribution in [3.63, 3.8) is 0 Å². The van der Waals surface area contributed by atoms with Gasteiger partial charge in [0.1, 0.15) is 0 Å². The van der Waals surface area contributed by atoms with Crippen LogP contribution in [0.1, 0.15) is 57.8 Å². The zero-order chi connectivity index (χ0) is 12.1. The minimum absolute atomic E-state index is 0.0410. The number of aliphatic hydroxyl groups excluding tert-OH is 1. The number of hydrogen-bond acceptors (Lipinski definition) is 1. The molecule has 100 valence electrons. The molecule has 0 aliphatic heterocycles. The molecule has 0 radical (unpaired) electrons. The van der Waals surface area contributed by atoms with Gasteiger partial charge in [0.15, 0.2) is 0 Å². The van der Waals surface area contributed by atoms with E-state index in [9.17, 15) is 5.11 Å². The molecule has 4 rings (SSSR count). The topological polar surface area (TPSA) is 20.2 Å². The average Bonchev–Trinajstić information content (AvgIpc) is 2.80. The third kappa shape index (κ3) is 1.62. The molecular weight excluding hydrogens is 220 g/mol. The number of hydrogen-bond donors (Lipinski definition) is 1. The Bertz CT molecular complexity index is 359. The van der Waals surface area contributed by atoms with Crippen molar-refractivity contribution in [3.8, 4) is 0 Å². The summed E-state index contributed by atoms with van der Waals surface area (Å²) in [5, 5.41) is 10.1. The van der Waals surface area contributed by atoms with E-state index in [1.54, 1.807) is 0 Å². The maximum Gasteiger partial charge on any atom is 0.0571 e. The van der Waals surface area contributed by atoms with Crippen molar-refractivity contribution >= 4 is 0 Å². The van der Waals surface area contributed by atoms with Crippen molar-refractivity contribution < 1.29 is 5.11 Å². The molecule has 3 saturated carbocycles. The Kier molecular flexibility index (Phi) is 2.80. The van der Waals surface area contributed by atoms with Crippen LogP contribution in [0.2, 0.25) is 0 Å². The van der Waals surface area contributed by atoms with Crippen LogP contribution < -0.4 is 0 Å². The third-order valence-corrected chi connectivity index (χ3v) is 6.66. The molecule has 1 heteroatoms. The molecule has 18 heavy (non-hydrogen) atoms. The molecule has 0 aromatic heterocycles. The molecule has 3 fully saturated rings. The van der Waals surface area contributed by atoms with E-state index in [1.165, 1.54) is 51.4 Å². The minimum atomic E-state index is 0.0410. The van der Waals surface area contributed by atoms with Crippen molar-refractivity contribution in [1.82, 2.24) is 0 Å². The van der Waals surface area contributed by atoms with E-state index in [-0.39, 0.29) is 6.10 Å². The van der Waals surface area contributed by atoms with Gasteiger partial charge in [-0.1, -0.05) is 11.6 Å². The second kappa shape index (κ2) is 4.37. The van der Waals surface area contributed by atoms with Crippen LogP contribution in [-0.4, -0.2) is 11.2 Å². The van der Waals surface area contributed by atoms with E-state index in [0.29, 0.717) is 5.92 Å². The van der Waals surface area contributed by atoms with Gasteiger partial charge in [0.2, 0.25) is 0 Å². The van der Waals surface area contributed by atoms with E-state index < -0.39 is 0 Å². The minimum Gasteiger partial charge on any atom is -0.393 e. The molecule has 0 saturated heterocycles. The predicted molar refractivity (Wildman–Crippen MR) is 73.1 cm³/mol. The van der Waals surface area contributed by atoms with E-state index in [1.807, 2.05) is 5.57 Å². The fraction of sp³-hybridized carbons (Fsp3) is 0.882. The van der Waals surface area contributed by atoms with Gasteiger partial charge in [-0.3, -0.25) is 0 Å². The summed E-state index contributed by atoms with van der Waals surface area (Å²) < 4.78 is 0. The van der Waals surface area contributed by atoms with Crippen LogP contribution in [0.5, 0.6) is 0 Å². The Hall–Kier alpha value is -0.300. The smallest absolute Gasteiger partial charge is 0.0571 e. The van der Waals surface area contributed by atoms with E-state index in [4.69, 9.17) is 0 Å². The van der Waals surface area contributed by atoms with Crippen LogP contribution in [0.25, 0.3) is 0 Å². The number of fused-ring (bicyclic) bond motifs is 5. The van der Waals surface area contributed by atoms with E-state index in [2.05, 4.69) is 6.08 Å². The first-order valence-corrected chi connectivity index (χ1v) is 8.21. The highest BCUT2D eigenvalue weighted by atomic mass is 16.3. The largest absolute Gasteiger partial charge is 0.393 e. The zero-order valence-electron chi connectivity index (χ0n) is 11.4. The molecular formula is C17H26O. The molecule has 6 atom stereocenters. The van der Waals surface area contributed by atoms with Gasteiger partial charge in [-0.15, -0.1) is 0 Å². The Morgan fingerprint density at radius 3 is 2.56 bits per heavy atom. The Labute approximate surface area is 111 Å². The van der Waals surface area contributed by atoms with Crippen LogP contribution >= 0.6 is 0 Å². The Morgan fingerprint density at radius 2 is 1.61 bits per heavy atom. The van der Waals surface area contributed by atoms with Gasteiger partial charge in [-0.2, -0.15) is 0 Å². The van der Waals surface area contributed by atoms with Gasteiger partial charge in [0, 0.05) is 0 Å². The van der Waals surface area contributed by atoms with Crippen LogP contribution in [-0.2, 0) is 0 Å². The summed E-state index contributed by atoms with van der Waals surface area (Å²) in [5.74, 6) is 4.43. The molecule has 0 spiro atoms. The normalized spacial score (nSPS) is 51.1. The number of allylic oxidation sites excluding steroid dienone is 2. The summed E-state index contributed by atoms with van der Waals surface area (Å²) in [6, 6.07) is 0. The first-order valence-electron chi connectivity index (χ1n) is 8.21. The number of rotatable bonds is 0. The van der Waals surface area contributed by atoms with Gasteiger partial charge in [0.05, 0.1) is 6.10 Å². The summed E-state index contributed by atoms with van der Waals surface area (Å²) in [6.07, 6.45) is 14.8. The summed E-state index contributed by atoms with van der Waals surface area (Å²) in [5.41, 5.74) is 1.82. The maximum atomic E-state index is 10.1. The lowest BCUT2D eigenvalue weighted by atomic mass is 9.56. The van der Waals surface area contributed by atoms with Gasteiger partial charge in [-0.25, -0.2) is 0 Å². The highest BCUT2D eigenvalue weighted by Gasteiger charge is 2.49. The molecule has 0 heterocycles. The first kappa shape index (κ1) is 11.5. The first-order chi connectivity index (χ1) is 8.84. The lowest BCUT2D eigenvalue weighted by molar-refractivity contribution is 0.0111. The quantitative estimate of drug-likeness (QED) is 0.642. The van der Waals surface area contributed by atoms with E-state index in [0.717, 1.165) is 30.1 Å². The predicted octanol–water partition coefficient (Wildman–Crippen LogP) is 3.92. The molecule has 0 aromatic carbocycles. The molecule has 1 nitrogen and oxygen atoms in total. The van der Waals surface area contributed by atoms with E-state index >= 15 is 0 Å². The van der Waals surface area contributed by atoms with Crippen molar-refractivity contribution in [2.24, 2.45) is 29.6 Å². The second-order valence-corrected chi connectivity index (χ2v) is 7.23. The molecule has 0 amide bonds. The summed E-state index contributed by atoms with van der Waals surface area (Å²) >= 11 is 0. The molecule has 0 aromatic rings.